The molecule has 1 atom stereocenters. The fourth-order valence-corrected chi connectivity index (χ4v) is 5.21. The monoisotopic (exact) mass is 456 g/mol. The van der Waals surface area contributed by atoms with Crippen LogP contribution in [-0.2, 0) is 4.79 Å². The zero-order valence-electron chi connectivity index (χ0n) is 18.1. The second kappa shape index (κ2) is 9.46. The third kappa shape index (κ3) is 4.76. The minimum absolute atomic E-state index is 0.347. The average Bonchev–Trinajstić information content (AvgIpc) is 3.31. The molecule has 5 rings (SSSR count). The summed E-state index contributed by atoms with van der Waals surface area (Å²) in [5, 5.41) is 10.4. The summed E-state index contributed by atoms with van der Waals surface area (Å²) in [6.07, 6.45) is 1.58. The molecule has 166 valence electrons. The van der Waals surface area contributed by atoms with Gasteiger partial charge < -0.3 is 14.7 Å². The number of piperidine rings is 1. The van der Waals surface area contributed by atoms with Gasteiger partial charge in [0.05, 0.1) is 16.5 Å². The number of aliphatic carboxylic acids is 1. The highest BCUT2D eigenvalue weighted by Gasteiger charge is 2.28. The smallest absolute Gasteiger partial charge is 0.308 e. The van der Waals surface area contributed by atoms with E-state index in [1.54, 1.807) is 11.3 Å². The van der Waals surface area contributed by atoms with Crippen LogP contribution in [0.3, 0.4) is 0 Å². The van der Waals surface area contributed by atoms with E-state index in [4.69, 9.17) is 9.72 Å². The van der Waals surface area contributed by atoms with Crippen molar-refractivity contribution < 1.29 is 14.6 Å². The van der Waals surface area contributed by atoms with Crippen molar-refractivity contribution in [1.82, 2.24) is 4.98 Å². The number of rotatable bonds is 6. The molecule has 5 nitrogen and oxygen atoms in total. The Morgan fingerprint density at radius 3 is 2.27 bits per heavy atom. The number of benzene rings is 3. The number of carbonyl (C=O) groups is 1. The molecular formula is C27H24N2O3S. The van der Waals surface area contributed by atoms with E-state index in [9.17, 15) is 9.90 Å². The van der Waals surface area contributed by atoms with E-state index in [2.05, 4.69) is 17.0 Å². The van der Waals surface area contributed by atoms with E-state index in [1.165, 1.54) is 0 Å². The van der Waals surface area contributed by atoms with Crippen molar-refractivity contribution in [2.45, 2.75) is 12.8 Å². The zero-order valence-corrected chi connectivity index (χ0v) is 18.9. The van der Waals surface area contributed by atoms with Gasteiger partial charge in [-0.1, -0.05) is 59.9 Å². The number of nitrogens with zero attached hydrogens (tertiary/aromatic N) is 2. The summed E-state index contributed by atoms with van der Waals surface area (Å²) in [5.41, 5.74) is 3.01. The minimum atomic E-state index is -0.728. The number of aromatic nitrogens is 1. The van der Waals surface area contributed by atoms with Crippen LogP contribution in [0.2, 0.25) is 0 Å². The molecule has 33 heavy (non-hydrogen) atoms. The standard InChI is InChI=1S/C27H24N2O3S/c30-26(31)21-10-7-17-29(18-21)27-28-24(25(33-27)20-8-3-1-4-9-20)19-13-15-23(16-14-19)32-22-11-5-2-6-12-22/h1-6,8-9,11-16,21H,7,10,17-18H2,(H,30,31)/t21-/m1/s1. The molecule has 1 saturated heterocycles. The molecule has 1 aliphatic heterocycles. The highest BCUT2D eigenvalue weighted by molar-refractivity contribution is 7.19. The molecule has 3 aromatic carbocycles. The van der Waals surface area contributed by atoms with Crippen LogP contribution in [0.25, 0.3) is 21.7 Å². The molecule has 1 N–H and O–H groups in total. The van der Waals surface area contributed by atoms with E-state index in [1.807, 2.05) is 72.8 Å². The number of carboxylic acids is 1. The third-order valence-corrected chi connectivity index (χ3v) is 6.96. The molecule has 4 aromatic rings. The molecule has 1 aromatic heterocycles. The van der Waals surface area contributed by atoms with E-state index in [0.29, 0.717) is 6.54 Å². The Morgan fingerprint density at radius 1 is 0.909 bits per heavy atom. The molecule has 0 radical (unpaired) electrons. The zero-order chi connectivity index (χ0) is 22.6. The number of thiazole rings is 1. The summed E-state index contributed by atoms with van der Waals surface area (Å²) in [5.74, 6) is 0.487. The summed E-state index contributed by atoms with van der Waals surface area (Å²) in [6, 6.07) is 27.9. The molecule has 0 bridgehead atoms. The van der Waals surface area contributed by atoms with Gasteiger partial charge in [-0.15, -0.1) is 0 Å². The summed E-state index contributed by atoms with van der Waals surface area (Å²) in [7, 11) is 0. The SMILES string of the molecule is O=C(O)[C@@H]1CCCN(c2nc(-c3ccc(Oc4ccccc4)cc3)c(-c3ccccc3)s2)C1. The van der Waals surface area contributed by atoms with Gasteiger partial charge in [0.2, 0.25) is 0 Å². The van der Waals surface area contributed by atoms with Crippen molar-refractivity contribution in [3.63, 3.8) is 0 Å². The van der Waals surface area contributed by atoms with Gasteiger partial charge in [0.15, 0.2) is 5.13 Å². The van der Waals surface area contributed by atoms with Crippen LogP contribution in [-0.4, -0.2) is 29.1 Å². The lowest BCUT2D eigenvalue weighted by Crippen LogP contribution is -2.38. The first-order chi connectivity index (χ1) is 16.2. The van der Waals surface area contributed by atoms with Crippen LogP contribution in [0.15, 0.2) is 84.9 Å². The van der Waals surface area contributed by atoms with Crippen molar-refractivity contribution in [2.24, 2.45) is 5.92 Å². The highest BCUT2D eigenvalue weighted by atomic mass is 32.1. The first-order valence-electron chi connectivity index (χ1n) is 11.0. The Morgan fingerprint density at radius 2 is 1.58 bits per heavy atom. The topological polar surface area (TPSA) is 62.7 Å². The summed E-state index contributed by atoms with van der Waals surface area (Å²) < 4.78 is 5.94. The molecule has 0 amide bonds. The van der Waals surface area contributed by atoms with Crippen LogP contribution < -0.4 is 9.64 Å². The van der Waals surface area contributed by atoms with E-state index in [-0.39, 0.29) is 5.92 Å². The third-order valence-electron chi connectivity index (χ3n) is 5.80. The fourth-order valence-electron chi connectivity index (χ4n) is 4.08. The Labute approximate surface area is 196 Å². The van der Waals surface area contributed by atoms with Gasteiger partial charge in [-0.05, 0) is 54.8 Å². The molecule has 0 aliphatic carbocycles. The number of anilines is 1. The Kier molecular flexibility index (Phi) is 6.09. The molecule has 1 fully saturated rings. The lowest BCUT2D eigenvalue weighted by atomic mass is 9.99. The van der Waals surface area contributed by atoms with Crippen molar-refractivity contribution in [3.8, 4) is 33.2 Å². The highest BCUT2D eigenvalue weighted by Crippen LogP contribution is 2.41. The van der Waals surface area contributed by atoms with Crippen molar-refractivity contribution in [2.75, 3.05) is 18.0 Å². The van der Waals surface area contributed by atoms with Gasteiger partial charge in [-0.2, -0.15) is 0 Å². The largest absolute Gasteiger partial charge is 0.481 e. The van der Waals surface area contributed by atoms with Gasteiger partial charge in [0.1, 0.15) is 11.5 Å². The molecule has 2 heterocycles. The Hall–Kier alpha value is -3.64. The van der Waals surface area contributed by atoms with Gasteiger partial charge in [0.25, 0.3) is 0 Å². The van der Waals surface area contributed by atoms with Crippen LogP contribution in [0.4, 0.5) is 5.13 Å². The molecule has 1 aliphatic rings. The first-order valence-corrected chi connectivity index (χ1v) is 11.9. The van der Waals surface area contributed by atoms with Crippen molar-refractivity contribution in [3.05, 3.63) is 84.9 Å². The Balaban J connectivity index is 1.47. The molecule has 0 saturated carbocycles. The van der Waals surface area contributed by atoms with E-state index >= 15 is 0 Å². The first kappa shape index (κ1) is 21.2. The van der Waals surface area contributed by atoms with Gasteiger partial charge in [-0.25, -0.2) is 4.98 Å². The second-order valence-electron chi connectivity index (χ2n) is 8.10. The van der Waals surface area contributed by atoms with Crippen molar-refractivity contribution >= 4 is 22.4 Å². The van der Waals surface area contributed by atoms with Gasteiger partial charge >= 0.3 is 5.97 Å². The van der Waals surface area contributed by atoms with Gasteiger partial charge in [0, 0.05) is 18.7 Å². The molecule has 0 unspecified atom stereocenters. The maximum Gasteiger partial charge on any atom is 0.308 e. The summed E-state index contributed by atoms with van der Waals surface area (Å²) in [6.45, 7) is 1.33. The molecular weight excluding hydrogens is 432 g/mol. The van der Waals surface area contributed by atoms with Crippen molar-refractivity contribution in [1.29, 1.82) is 0 Å². The lowest BCUT2D eigenvalue weighted by molar-refractivity contribution is -0.141. The Bertz CT molecular complexity index is 1220. The van der Waals surface area contributed by atoms with Crippen LogP contribution in [0.1, 0.15) is 12.8 Å². The number of hydrogen-bond acceptors (Lipinski definition) is 5. The summed E-state index contributed by atoms with van der Waals surface area (Å²) >= 11 is 1.63. The number of carboxylic acid groups (broad SMARTS) is 1. The lowest BCUT2D eigenvalue weighted by Gasteiger charge is -2.30. The molecule has 6 heteroatoms. The number of hydrogen-bond donors (Lipinski definition) is 1. The number of para-hydroxylation sites is 1. The van der Waals surface area contributed by atoms with E-state index in [0.717, 1.165) is 57.7 Å². The predicted octanol–water partition coefficient (Wildman–Crippen LogP) is 6.57. The minimum Gasteiger partial charge on any atom is -0.481 e. The normalized spacial score (nSPS) is 15.9. The van der Waals surface area contributed by atoms with E-state index < -0.39 is 5.97 Å². The van der Waals surface area contributed by atoms with Crippen LogP contribution in [0.5, 0.6) is 11.5 Å². The number of ether oxygens (including phenoxy) is 1. The fraction of sp³-hybridized carbons (Fsp3) is 0.185. The predicted molar refractivity (Wildman–Crippen MR) is 132 cm³/mol. The summed E-state index contributed by atoms with van der Waals surface area (Å²) in [4.78, 5) is 19.8. The maximum atomic E-state index is 11.6. The quantitative estimate of drug-likeness (QED) is 0.355. The second-order valence-corrected chi connectivity index (χ2v) is 9.08. The average molecular weight is 457 g/mol. The maximum absolute atomic E-state index is 11.6. The van der Waals surface area contributed by atoms with Crippen LogP contribution in [0, 0.1) is 5.92 Å². The van der Waals surface area contributed by atoms with Gasteiger partial charge in [-0.3, -0.25) is 4.79 Å². The molecule has 0 spiro atoms. The van der Waals surface area contributed by atoms with Crippen LogP contribution >= 0.6 is 11.3 Å².